The molecule has 1 aromatic heterocycles. The number of aromatic nitrogens is 2. The number of carbonyl (C=O) groups excluding carboxylic acids is 1. The van der Waals surface area contributed by atoms with Crippen molar-refractivity contribution in [1.29, 1.82) is 0 Å². The van der Waals surface area contributed by atoms with Crippen LogP contribution in [0.1, 0.15) is 11.5 Å². The molecule has 0 unspecified atom stereocenters. The fourth-order valence-corrected chi connectivity index (χ4v) is 2.23. The highest BCUT2D eigenvalue weighted by molar-refractivity contribution is 8.00. The van der Waals surface area contributed by atoms with Crippen LogP contribution in [0.15, 0.2) is 33.6 Å². The average Bonchev–Trinajstić information content (AvgIpc) is 2.83. The second-order valence-corrected chi connectivity index (χ2v) is 5.23. The minimum atomic E-state index is -0.871. The summed E-state index contributed by atoms with van der Waals surface area (Å²) in [6.07, 6.45) is -0.0120. The number of nitrogens with zero attached hydrogens (tertiary/aromatic N) is 2. The number of benzene rings is 1. The standard InChI is InChI=1S/C13H13N3O4S/c1-8-15-16-13(20-8)14-11(17)7-21-10-4-2-9(3-5-10)6-12(18)19/h2-5H,6-7H2,1H3,(H,18,19)(H,14,16,17). The zero-order chi connectivity index (χ0) is 15.2. The number of hydrogen-bond donors (Lipinski definition) is 2. The van der Waals surface area contributed by atoms with Crippen molar-refractivity contribution < 1.29 is 19.1 Å². The van der Waals surface area contributed by atoms with Gasteiger partial charge in [-0.1, -0.05) is 17.2 Å². The first-order valence-electron chi connectivity index (χ1n) is 6.06. The molecule has 7 nitrogen and oxygen atoms in total. The van der Waals surface area contributed by atoms with Crippen LogP contribution in [0.2, 0.25) is 0 Å². The summed E-state index contributed by atoms with van der Waals surface area (Å²) in [5, 5.41) is 18.4. The molecular weight excluding hydrogens is 294 g/mol. The zero-order valence-corrected chi connectivity index (χ0v) is 12.0. The molecule has 8 heteroatoms. The molecule has 21 heavy (non-hydrogen) atoms. The van der Waals surface area contributed by atoms with Crippen molar-refractivity contribution in [1.82, 2.24) is 10.2 Å². The van der Waals surface area contributed by atoms with Gasteiger partial charge in [-0.25, -0.2) is 0 Å². The van der Waals surface area contributed by atoms with E-state index in [2.05, 4.69) is 15.5 Å². The molecule has 1 heterocycles. The van der Waals surface area contributed by atoms with Crippen LogP contribution < -0.4 is 5.32 Å². The van der Waals surface area contributed by atoms with E-state index in [1.54, 1.807) is 31.2 Å². The molecule has 0 aliphatic rings. The predicted octanol–water partition coefficient (Wildman–Crippen LogP) is 1.74. The molecule has 0 saturated heterocycles. The van der Waals surface area contributed by atoms with Crippen LogP contribution in [-0.4, -0.2) is 32.9 Å². The molecule has 0 radical (unpaired) electrons. The van der Waals surface area contributed by atoms with Crippen LogP contribution >= 0.6 is 11.8 Å². The Labute approximate surface area is 124 Å². The summed E-state index contributed by atoms with van der Waals surface area (Å²) in [6, 6.07) is 7.11. The fourth-order valence-electron chi connectivity index (χ4n) is 1.53. The molecule has 1 amide bonds. The van der Waals surface area contributed by atoms with E-state index >= 15 is 0 Å². The maximum atomic E-state index is 11.7. The Bertz CT molecular complexity index is 639. The van der Waals surface area contributed by atoms with Gasteiger partial charge in [0.1, 0.15) is 0 Å². The number of carboxylic acid groups (broad SMARTS) is 1. The van der Waals surface area contributed by atoms with Crippen LogP contribution in [-0.2, 0) is 16.0 Å². The van der Waals surface area contributed by atoms with Gasteiger partial charge in [-0.3, -0.25) is 14.9 Å². The van der Waals surface area contributed by atoms with Crippen LogP contribution in [0.25, 0.3) is 0 Å². The van der Waals surface area contributed by atoms with Gasteiger partial charge >= 0.3 is 12.0 Å². The highest BCUT2D eigenvalue weighted by Crippen LogP contribution is 2.19. The van der Waals surface area contributed by atoms with E-state index in [-0.39, 0.29) is 24.1 Å². The van der Waals surface area contributed by atoms with E-state index in [4.69, 9.17) is 9.52 Å². The molecule has 2 aromatic rings. The molecule has 0 saturated carbocycles. The van der Waals surface area contributed by atoms with E-state index < -0.39 is 5.97 Å². The Morgan fingerprint density at radius 3 is 2.57 bits per heavy atom. The number of amides is 1. The summed E-state index contributed by atoms with van der Waals surface area (Å²) < 4.78 is 5.04. The Kier molecular flexibility index (Phi) is 4.94. The molecule has 1 aromatic carbocycles. The molecule has 0 aliphatic heterocycles. The number of aliphatic carboxylic acids is 1. The molecule has 110 valence electrons. The molecule has 0 atom stereocenters. The lowest BCUT2D eigenvalue weighted by Crippen LogP contribution is -2.14. The van der Waals surface area contributed by atoms with Crippen LogP contribution in [0, 0.1) is 6.92 Å². The van der Waals surface area contributed by atoms with Crippen molar-refractivity contribution in [3.63, 3.8) is 0 Å². The van der Waals surface area contributed by atoms with Crippen LogP contribution in [0.4, 0.5) is 6.01 Å². The zero-order valence-electron chi connectivity index (χ0n) is 11.2. The quantitative estimate of drug-likeness (QED) is 0.783. The Balaban J connectivity index is 1.82. The van der Waals surface area contributed by atoms with E-state index in [0.717, 1.165) is 10.5 Å². The third-order valence-corrected chi connectivity index (χ3v) is 3.43. The molecule has 0 aliphatic carbocycles. The summed E-state index contributed by atoms with van der Waals surface area (Å²) in [6.45, 7) is 1.64. The number of anilines is 1. The van der Waals surface area contributed by atoms with Gasteiger partial charge in [-0.2, -0.15) is 0 Å². The van der Waals surface area contributed by atoms with Gasteiger partial charge in [-0.15, -0.1) is 16.9 Å². The highest BCUT2D eigenvalue weighted by atomic mass is 32.2. The largest absolute Gasteiger partial charge is 0.481 e. The van der Waals surface area contributed by atoms with Crippen molar-refractivity contribution in [2.45, 2.75) is 18.2 Å². The Morgan fingerprint density at radius 2 is 2.00 bits per heavy atom. The average molecular weight is 307 g/mol. The lowest BCUT2D eigenvalue weighted by atomic mass is 10.2. The van der Waals surface area contributed by atoms with Crippen molar-refractivity contribution >= 4 is 29.7 Å². The van der Waals surface area contributed by atoms with Crippen molar-refractivity contribution in [3.05, 3.63) is 35.7 Å². The van der Waals surface area contributed by atoms with Gasteiger partial charge in [0, 0.05) is 11.8 Å². The molecule has 2 rings (SSSR count). The minimum absolute atomic E-state index is 0.0120. The van der Waals surface area contributed by atoms with E-state index in [0.29, 0.717) is 5.89 Å². The smallest absolute Gasteiger partial charge is 0.322 e. The number of hydrogen-bond acceptors (Lipinski definition) is 6. The van der Waals surface area contributed by atoms with Gasteiger partial charge in [0.2, 0.25) is 11.8 Å². The predicted molar refractivity (Wildman–Crippen MR) is 76.2 cm³/mol. The third kappa shape index (κ3) is 4.92. The van der Waals surface area contributed by atoms with Gasteiger partial charge < -0.3 is 9.52 Å². The maximum Gasteiger partial charge on any atom is 0.322 e. The van der Waals surface area contributed by atoms with E-state index in [9.17, 15) is 9.59 Å². The molecule has 0 spiro atoms. The number of nitrogens with one attached hydrogen (secondary N) is 1. The summed E-state index contributed by atoms with van der Waals surface area (Å²) in [7, 11) is 0. The number of carboxylic acids is 1. The molecular formula is C13H13N3O4S. The van der Waals surface area contributed by atoms with Gasteiger partial charge in [0.15, 0.2) is 0 Å². The Hall–Kier alpha value is -2.35. The molecule has 2 N–H and O–H groups in total. The maximum absolute atomic E-state index is 11.7. The lowest BCUT2D eigenvalue weighted by molar-refractivity contribution is -0.136. The van der Waals surface area contributed by atoms with Crippen LogP contribution in [0.5, 0.6) is 0 Å². The van der Waals surface area contributed by atoms with Crippen molar-refractivity contribution in [3.8, 4) is 0 Å². The summed E-state index contributed by atoms with van der Waals surface area (Å²) in [5.41, 5.74) is 0.720. The second-order valence-electron chi connectivity index (χ2n) is 4.18. The highest BCUT2D eigenvalue weighted by Gasteiger charge is 2.08. The second kappa shape index (κ2) is 6.89. The lowest BCUT2D eigenvalue weighted by Gasteiger charge is -2.02. The minimum Gasteiger partial charge on any atom is -0.481 e. The fraction of sp³-hybridized carbons (Fsp3) is 0.231. The first-order chi connectivity index (χ1) is 10.0. The summed E-state index contributed by atoms with van der Waals surface area (Å²) in [5.74, 6) is -0.547. The topological polar surface area (TPSA) is 105 Å². The third-order valence-electron chi connectivity index (χ3n) is 2.42. The molecule has 0 bridgehead atoms. The number of thioether (sulfide) groups is 1. The number of rotatable bonds is 6. The van der Waals surface area contributed by atoms with Gasteiger partial charge in [0.25, 0.3) is 0 Å². The SMILES string of the molecule is Cc1nnc(NC(=O)CSc2ccc(CC(=O)O)cc2)o1. The van der Waals surface area contributed by atoms with Crippen molar-refractivity contribution in [2.75, 3.05) is 11.1 Å². The summed E-state index contributed by atoms with van der Waals surface area (Å²) >= 11 is 1.33. The number of aryl methyl sites for hydroxylation is 1. The van der Waals surface area contributed by atoms with Crippen molar-refractivity contribution in [2.24, 2.45) is 0 Å². The van der Waals surface area contributed by atoms with Crippen LogP contribution in [0.3, 0.4) is 0 Å². The first kappa shape index (κ1) is 15.0. The summed E-state index contributed by atoms with van der Waals surface area (Å²) in [4.78, 5) is 23.1. The van der Waals surface area contributed by atoms with E-state index in [1.165, 1.54) is 11.8 Å². The Morgan fingerprint density at radius 1 is 1.29 bits per heavy atom. The molecule has 0 fully saturated rings. The first-order valence-corrected chi connectivity index (χ1v) is 7.05. The monoisotopic (exact) mass is 307 g/mol. The van der Waals surface area contributed by atoms with Gasteiger partial charge in [-0.05, 0) is 17.7 Å². The number of carbonyl (C=O) groups is 2. The van der Waals surface area contributed by atoms with E-state index in [1.807, 2.05) is 0 Å². The normalized spacial score (nSPS) is 10.3. The van der Waals surface area contributed by atoms with Gasteiger partial charge in [0.05, 0.1) is 12.2 Å².